The maximum Gasteiger partial charge on any atom is 0.236 e. The van der Waals surface area contributed by atoms with Gasteiger partial charge in [-0.05, 0) is 17.7 Å². The summed E-state index contributed by atoms with van der Waals surface area (Å²) in [5.41, 5.74) is 11.3. The fourth-order valence-corrected chi connectivity index (χ4v) is 0.876. The molecule has 1 rings (SSSR count). The number of hydrogen-bond donors (Lipinski definition) is 3. The summed E-state index contributed by atoms with van der Waals surface area (Å²) in [5.74, 6) is 0.196. The molecule has 0 saturated heterocycles. The molecule has 0 aliphatic heterocycles. The van der Waals surface area contributed by atoms with Crippen molar-refractivity contribution in [3.8, 4) is 0 Å². The molecule has 0 aliphatic rings. The standard InChI is InChI=1S/C8H12N4O/c9-4-6-1-2-11-8(3-6)12-5-7(10)13/h1-3H,4-5,9H2,(H2,10,13)(H,11,12). The first-order valence-corrected chi connectivity index (χ1v) is 3.89. The van der Waals surface area contributed by atoms with E-state index in [1.54, 1.807) is 12.3 Å². The summed E-state index contributed by atoms with van der Waals surface area (Å²) in [6.07, 6.45) is 1.63. The van der Waals surface area contributed by atoms with Crippen LogP contribution in [0.15, 0.2) is 18.3 Å². The minimum atomic E-state index is -0.417. The first-order valence-electron chi connectivity index (χ1n) is 3.89. The maximum atomic E-state index is 10.4. The number of nitrogens with one attached hydrogen (secondary N) is 1. The number of nitrogens with zero attached hydrogens (tertiary/aromatic N) is 1. The third kappa shape index (κ3) is 3.08. The molecule has 0 spiro atoms. The summed E-state index contributed by atoms with van der Waals surface area (Å²) in [6, 6.07) is 3.60. The Morgan fingerprint density at radius 2 is 2.38 bits per heavy atom. The van der Waals surface area contributed by atoms with Gasteiger partial charge in [0.1, 0.15) is 5.82 Å². The molecule has 0 saturated carbocycles. The summed E-state index contributed by atoms with van der Waals surface area (Å²) < 4.78 is 0. The molecular weight excluding hydrogens is 168 g/mol. The van der Waals surface area contributed by atoms with Crippen LogP contribution in [0, 0.1) is 0 Å². The smallest absolute Gasteiger partial charge is 0.236 e. The van der Waals surface area contributed by atoms with Crippen LogP contribution in [0.2, 0.25) is 0 Å². The zero-order valence-corrected chi connectivity index (χ0v) is 7.16. The zero-order chi connectivity index (χ0) is 9.68. The molecule has 0 aliphatic carbocycles. The Hall–Kier alpha value is -1.62. The number of nitrogens with two attached hydrogens (primary N) is 2. The Balaban J connectivity index is 2.61. The lowest BCUT2D eigenvalue weighted by molar-refractivity contribution is -0.116. The van der Waals surface area contributed by atoms with E-state index in [-0.39, 0.29) is 6.54 Å². The van der Waals surface area contributed by atoms with E-state index in [4.69, 9.17) is 11.5 Å². The van der Waals surface area contributed by atoms with Crippen molar-refractivity contribution in [1.82, 2.24) is 4.98 Å². The van der Waals surface area contributed by atoms with Crippen LogP contribution in [0.25, 0.3) is 0 Å². The number of pyridine rings is 1. The highest BCUT2D eigenvalue weighted by molar-refractivity contribution is 5.78. The van der Waals surface area contributed by atoms with Gasteiger partial charge < -0.3 is 16.8 Å². The average molecular weight is 180 g/mol. The van der Waals surface area contributed by atoms with Crippen LogP contribution in [-0.2, 0) is 11.3 Å². The number of aromatic nitrogens is 1. The lowest BCUT2D eigenvalue weighted by atomic mass is 10.2. The molecule has 1 amide bonds. The summed E-state index contributed by atoms with van der Waals surface area (Å²) in [6.45, 7) is 0.537. The predicted octanol–water partition coefficient (Wildman–Crippen LogP) is -0.563. The predicted molar refractivity (Wildman–Crippen MR) is 49.8 cm³/mol. The topological polar surface area (TPSA) is 94.0 Å². The Bertz CT molecular complexity index is 300. The molecule has 1 heterocycles. The molecule has 5 heteroatoms. The van der Waals surface area contributed by atoms with E-state index in [1.165, 1.54) is 0 Å². The fourth-order valence-electron chi connectivity index (χ4n) is 0.876. The van der Waals surface area contributed by atoms with Crippen LogP contribution >= 0.6 is 0 Å². The van der Waals surface area contributed by atoms with E-state index in [1.807, 2.05) is 6.07 Å². The lowest BCUT2D eigenvalue weighted by Gasteiger charge is -2.03. The van der Waals surface area contributed by atoms with Gasteiger partial charge in [-0.15, -0.1) is 0 Å². The van der Waals surface area contributed by atoms with Gasteiger partial charge in [0, 0.05) is 12.7 Å². The Kier molecular flexibility index (Phi) is 3.22. The number of carbonyl (C=O) groups excluding carboxylic acids is 1. The minimum absolute atomic E-state index is 0.0843. The summed E-state index contributed by atoms with van der Waals surface area (Å²) in [7, 11) is 0. The maximum absolute atomic E-state index is 10.4. The van der Waals surface area contributed by atoms with Crippen LogP contribution < -0.4 is 16.8 Å². The van der Waals surface area contributed by atoms with Crippen LogP contribution in [0.3, 0.4) is 0 Å². The number of primary amides is 1. The molecule has 5 nitrogen and oxygen atoms in total. The van der Waals surface area contributed by atoms with Crippen LogP contribution in [-0.4, -0.2) is 17.4 Å². The monoisotopic (exact) mass is 180 g/mol. The second kappa shape index (κ2) is 4.42. The molecule has 0 radical (unpaired) electrons. The largest absolute Gasteiger partial charge is 0.368 e. The second-order valence-electron chi connectivity index (χ2n) is 2.57. The van der Waals surface area contributed by atoms with E-state index in [9.17, 15) is 4.79 Å². The number of rotatable bonds is 4. The number of anilines is 1. The highest BCUT2D eigenvalue weighted by atomic mass is 16.1. The Labute approximate surface area is 76.1 Å². The van der Waals surface area contributed by atoms with Crippen molar-refractivity contribution >= 4 is 11.7 Å². The Morgan fingerprint density at radius 3 is 3.00 bits per heavy atom. The van der Waals surface area contributed by atoms with Crippen molar-refractivity contribution in [2.45, 2.75) is 6.54 Å². The van der Waals surface area contributed by atoms with Crippen molar-refractivity contribution in [3.63, 3.8) is 0 Å². The van der Waals surface area contributed by atoms with Crippen molar-refractivity contribution < 1.29 is 4.79 Å². The number of amides is 1. The SMILES string of the molecule is NCc1ccnc(NCC(N)=O)c1. The van der Waals surface area contributed by atoms with E-state index in [2.05, 4.69) is 10.3 Å². The molecule has 5 N–H and O–H groups in total. The Morgan fingerprint density at radius 1 is 1.62 bits per heavy atom. The molecule has 0 fully saturated rings. The first kappa shape index (κ1) is 9.47. The summed E-state index contributed by atoms with van der Waals surface area (Å²) >= 11 is 0. The molecule has 0 atom stereocenters. The quantitative estimate of drug-likeness (QED) is 0.578. The average Bonchev–Trinajstić information content (AvgIpc) is 2.15. The van der Waals surface area contributed by atoms with Gasteiger partial charge in [-0.3, -0.25) is 4.79 Å². The third-order valence-corrected chi connectivity index (χ3v) is 1.50. The summed E-state index contributed by atoms with van der Waals surface area (Å²) in [4.78, 5) is 14.4. The van der Waals surface area contributed by atoms with E-state index in [0.717, 1.165) is 5.56 Å². The van der Waals surface area contributed by atoms with Gasteiger partial charge in [0.05, 0.1) is 6.54 Å². The van der Waals surface area contributed by atoms with Crippen molar-refractivity contribution in [2.75, 3.05) is 11.9 Å². The molecule has 0 bridgehead atoms. The van der Waals surface area contributed by atoms with Gasteiger partial charge in [0.25, 0.3) is 0 Å². The zero-order valence-electron chi connectivity index (χ0n) is 7.16. The summed E-state index contributed by atoms with van der Waals surface area (Å²) in [5, 5.41) is 2.78. The van der Waals surface area contributed by atoms with Crippen molar-refractivity contribution in [1.29, 1.82) is 0 Å². The van der Waals surface area contributed by atoms with Gasteiger partial charge in [-0.1, -0.05) is 0 Å². The van der Waals surface area contributed by atoms with Crippen LogP contribution in [0.5, 0.6) is 0 Å². The molecule has 70 valence electrons. The van der Waals surface area contributed by atoms with E-state index >= 15 is 0 Å². The lowest BCUT2D eigenvalue weighted by Crippen LogP contribution is -2.22. The third-order valence-electron chi connectivity index (χ3n) is 1.50. The highest BCUT2D eigenvalue weighted by Crippen LogP contribution is 2.04. The first-order chi connectivity index (χ1) is 6.22. The molecule has 13 heavy (non-hydrogen) atoms. The van der Waals surface area contributed by atoms with E-state index < -0.39 is 5.91 Å². The minimum Gasteiger partial charge on any atom is -0.368 e. The number of hydrogen-bond acceptors (Lipinski definition) is 4. The van der Waals surface area contributed by atoms with E-state index in [0.29, 0.717) is 12.4 Å². The molecule has 1 aromatic heterocycles. The van der Waals surface area contributed by atoms with Crippen molar-refractivity contribution in [2.24, 2.45) is 11.5 Å². The molecular formula is C8H12N4O. The van der Waals surface area contributed by atoms with Crippen molar-refractivity contribution in [3.05, 3.63) is 23.9 Å². The van der Waals surface area contributed by atoms with Crippen LogP contribution in [0.1, 0.15) is 5.56 Å². The second-order valence-corrected chi connectivity index (χ2v) is 2.57. The highest BCUT2D eigenvalue weighted by Gasteiger charge is 1.97. The molecule has 1 aromatic rings. The fraction of sp³-hybridized carbons (Fsp3) is 0.250. The van der Waals surface area contributed by atoms with Gasteiger partial charge in [-0.2, -0.15) is 0 Å². The molecule has 0 aromatic carbocycles. The van der Waals surface area contributed by atoms with Gasteiger partial charge in [0.15, 0.2) is 0 Å². The van der Waals surface area contributed by atoms with Gasteiger partial charge in [-0.25, -0.2) is 4.98 Å². The van der Waals surface area contributed by atoms with Gasteiger partial charge >= 0.3 is 0 Å². The number of carbonyl (C=O) groups is 1. The normalized spacial score (nSPS) is 9.62. The molecule has 0 unspecified atom stereocenters. The van der Waals surface area contributed by atoms with Crippen LogP contribution in [0.4, 0.5) is 5.82 Å². The van der Waals surface area contributed by atoms with Gasteiger partial charge in [0.2, 0.25) is 5.91 Å².